The van der Waals surface area contributed by atoms with Crippen LogP contribution >= 0.6 is 0 Å². The third-order valence-electron chi connectivity index (χ3n) is 3.32. The van der Waals surface area contributed by atoms with Gasteiger partial charge in [0.2, 0.25) is 0 Å². The zero-order valence-electron chi connectivity index (χ0n) is 9.90. The summed E-state index contributed by atoms with van der Waals surface area (Å²) in [4.78, 5) is 0. The lowest BCUT2D eigenvalue weighted by Gasteiger charge is -2.31. The molecule has 0 spiro atoms. The summed E-state index contributed by atoms with van der Waals surface area (Å²) in [5, 5.41) is 9.08. The quantitative estimate of drug-likeness (QED) is 0.782. The molecule has 0 bridgehead atoms. The van der Waals surface area contributed by atoms with Gasteiger partial charge in [0.1, 0.15) is 17.7 Å². The minimum Gasteiger partial charge on any atom is -0.489 e. The number of hydrogen-bond donors (Lipinski definition) is 0. The number of benzene rings is 1. The van der Waals surface area contributed by atoms with Crippen LogP contribution in [0.2, 0.25) is 0 Å². The molecule has 3 heteroatoms. The first-order chi connectivity index (χ1) is 8.19. The van der Waals surface area contributed by atoms with Crippen LogP contribution in [0.4, 0.5) is 4.39 Å². The zero-order chi connectivity index (χ0) is 12.3. The van der Waals surface area contributed by atoms with Crippen molar-refractivity contribution in [3.8, 4) is 11.8 Å². The summed E-state index contributed by atoms with van der Waals surface area (Å²) < 4.78 is 18.6. The molecule has 0 amide bonds. The molecule has 17 heavy (non-hydrogen) atoms. The second-order valence-corrected chi connectivity index (χ2v) is 4.76. The normalized spacial score (nSPS) is 28.4. The van der Waals surface area contributed by atoms with Crippen LogP contribution in [-0.4, -0.2) is 6.10 Å². The molecule has 0 aliphatic heterocycles. The average molecular weight is 233 g/mol. The molecule has 1 aromatic carbocycles. The molecule has 0 saturated heterocycles. The molecule has 0 heterocycles. The molecule has 90 valence electrons. The summed E-state index contributed by atoms with van der Waals surface area (Å²) in [5.74, 6) is 0.915. The summed E-state index contributed by atoms with van der Waals surface area (Å²) in [6.45, 7) is 2.18. The zero-order valence-corrected chi connectivity index (χ0v) is 9.90. The minimum absolute atomic E-state index is 0.0451. The third-order valence-corrected chi connectivity index (χ3v) is 3.32. The molecule has 1 aromatic rings. The Labute approximate surface area is 101 Å². The van der Waals surface area contributed by atoms with E-state index in [1.165, 1.54) is 12.1 Å². The first-order valence-corrected chi connectivity index (χ1v) is 6.01. The Morgan fingerprint density at radius 1 is 1.29 bits per heavy atom. The largest absolute Gasteiger partial charge is 0.489 e. The second-order valence-electron chi connectivity index (χ2n) is 4.76. The van der Waals surface area contributed by atoms with Crippen molar-refractivity contribution in [1.82, 2.24) is 0 Å². The highest BCUT2D eigenvalue weighted by atomic mass is 19.1. The van der Waals surface area contributed by atoms with Crippen LogP contribution in [0.15, 0.2) is 24.3 Å². The second kappa shape index (κ2) is 5.18. The number of halogens is 1. The van der Waals surface area contributed by atoms with E-state index in [0.29, 0.717) is 11.7 Å². The monoisotopic (exact) mass is 233 g/mol. The van der Waals surface area contributed by atoms with Crippen molar-refractivity contribution in [1.29, 1.82) is 5.26 Å². The van der Waals surface area contributed by atoms with Crippen LogP contribution in [0, 0.1) is 29.0 Å². The van der Waals surface area contributed by atoms with Crippen LogP contribution in [0.25, 0.3) is 0 Å². The lowest BCUT2D eigenvalue weighted by atomic mass is 9.81. The molecular weight excluding hydrogens is 217 g/mol. The van der Waals surface area contributed by atoms with E-state index in [4.69, 9.17) is 10.00 Å². The van der Waals surface area contributed by atoms with Crippen molar-refractivity contribution >= 4 is 0 Å². The number of rotatable bonds is 2. The van der Waals surface area contributed by atoms with Gasteiger partial charge < -0.3 is 4.74 Å². The maximum Gasteiger partial charge on any atom is 0.123 e. The smallest absolute Gasteiger partial charge is 0.123 e. The van der Waals surface area contributed by atoms with Crippen LogP contribution in [0.5, 0.6) is 5.75 Å². The lowest BCUT2D eigenvalue weighted by Crippen LogP contribution is -2.32. The van der Waals surface area contributed by atoms with E-state index in [1.54, 1.807) is 12.1 Å². The molecular formula is C14H16FNO. The summed E-state index contributed by atoms with van der Waals surface area (Å²) in [5.41, 5.74) is 0. The Morgan fingerprint density at radius 2 is 2.00 bits per heavy atom. The van der Waals surface area contributed by atoms with Crippen molar-refractivity contribution in [3.05, 3.63) is 30.1 Å². The highest BCUT2D eigenvalue weighted by Gasteiger charge is 2.30. The molecule has 3 atom stereocenters. The molecule has 3 unspecified atom stereocenters. The molecule has 0 N–H and O–H groups in total. The topological polar surface area (TPSA) is 33.0 Å². The number of nitrogens with zero attached hydrogens (tertiary/aromatic N) is 1. The van der Waals surface area contributed by atoms with Crippen LogP contribution in [0.1, 0.15) is 26.2 Å². The maximum absolute atomic E-state index is 12.8. The van der Waals surface area contributed by atoms with E-state index < -0.39 is 0 Å². The van der Waals surface area contributed by atoms with Gasteiger partial charge in [0.25, 0.3) is 0 Å². The van der Waals surface area contributed by atoms with Gasteiger partial charge in [0.05, 0.1) is 12.0 Å². The Bertz CT molecular complexity index is 409. The predicted molar refractivity (Wildman–Crippen MR) is 62.9 cm³/mol. The van der Waals surface area contributed by atoms with Crippen LogP contribution < -0.4 is 4.74 Å². The Hall–Kier alpha value is -1.56. The predicted octanol–water partition coefficient (Wildman–Crippen LogP) is 3.53. The van der Waals surface area contributed by atoms with Gasteiger partial charge in [-0.05, 0) is 49.4 Å². The fourth-order valence-corrected chi connectivity index (χ4v) is 2.29. The molecule has 2 rings (SSSR count). The van der Waals surface area contributed by atoms with Crippen LogP contribution in [0.3, 0.4) is 0 Å². The van der Waals surface area contributed by atoms with Gasteiger partial charge in [-0.1, -0.05) is 6.92 Å². The Balaban J connectivity index is 2.05. The number of hydrogen-bond acceptors (Lipinski definition) is 2. The van der Waals surface area contributed by atoms with Gasteiger partial charge in [-0.15, -0.1) is 0 Å². The fourth-order valence-electron chi connectivity index (χ4n) is 2.29. The first kappa shape index (κ1) is 11.9. The van der Waals surface area contributed by atoms with E-state index in [0.717, 1.165) is 19.3 Å². The Kier molecular flexibility index (Phi) is 3.63. The summed E-state index contributed by atoms with van der Waals surface area (Å²) in [6.07, 6.45) is 2.81. The number of nitriles is 1. The van der Waals surface area contributed by atoms with Crippen molar-refractivity contribution in [2.24, 2.45) is 11.8 Å². The van der Waals surface area contributed by atoms with Crippen molar-refractivity contribution in [2.75, 3.05) is 0 Å². The minimum atomic E-state index is -0.272. The summed E-state index contributed by atoms with van der Waals surface area (Å²) >= 11 is 0. The molecule has 1 saturated carbocycles. The fraction of sp³-hybridized carbons (Fsp3) is 0.500. The van der Waals surface area contributed by atoms with Gasteiger partial charge in [-0.25, -0.2) is 4.39 Å². The van der Waals surface area contributed by atoms with Crippen molar-refractivity contribution in [3.63, 3.8) is 0 Å². The highest BCUT2D eigenvalue weighted by molar-refractivity contribution is 5.22. The van der Waals surface area contributed by atoms with Gasteiger partial charge in [0.15, 0.2) is 0 Å². The molecule has 1 aliphatic rings. The van der Waals surface area contributed by atoms with E-state index in [2.05, 4.69) is 13.0 Å². The van der Waals surface area contributed by atoms with Gasteiger partial charge >= 0.3 is 0 Å². The Morgan fingerprint density at radius 3 is 2.65 bits per heavy atom. The van der Waals surface area contributed by atoms with Crippen molar-refractivity contribution in [2.45, 2.75) is 32.3 Å². The average Bonchev–Trinajstić information content (AvgIpc) is 2.32. The molecule has 0 radical (unpaired) electrons. The molecule has 0 aromatic heterocycles. The van der Waals surface area contributed by atoms with Gasteiger partial charge in [0, 0.05) is 0 Å². The van der Waals surface area contributed by atoms with Crippen LogP contribution in [-0.2, 0) is 0 Å². The standard InChI is InChI=1S/C14H16FNO/c1-10-2-3-11(9-16)14(8-10)17-13-6-4-12(15)5-7-13/h4-7,10-11,14H,2-3,8H2,1H3. The third kappa shape index (κ3) is 2.97. The van der Waals surface area contributed by atoms with E-state index >= 15 is 0 Å². The first-order valence-electron chi connectivity index (χ1n) is 6.01. The highest BCUT2D eigenvalue weighted by Crippen LogP contribution is 2.31. The summed E-state index contributed by atoms with van der Waals surface area (Å²) in [7, 11) is 0. The van der Waals surface area contributed by atoms with Gasteiger partial charge in [-0.3, -0.25) is 0 Å². The van der Waals surface area contributed by atoms with E-state index in [9.17, 15) is 4.39 Å². The molecule has 2 nitrogen and oxygen atoms in total. The summed E-state index contributed by atoms with van der Waals surface area (Å²) in [6, 6.07) is 8.29. The maximum atomic E-state index is 12.8. The lowest BCUT2D eigenvalue weighted by molar-refractivity contribution is 0.0955. The van der Waals surface area contributed by atoms with E-state index in [1.807, 2.05) is 0 Å². The number of ether oxygens (including phenoxy) is 1. The van der Waals surface area contributed by atoms with E-state index in [-0.39, 0.29) is 17.8 Å². The molecule has 1 fully saturated rings. The van der Waals surface area contributed by atoms with Crippen molar-refractivity contribution < 1.29 is 9.13 Å². The van der Waals surface area contributed by atoms with Gasteiger partial charge in [-0.2, -0.15) is 5.26 Å². The molecule has 1 aliphatic carbocycles. The SMILES string of the molecule is CC1CCC(C#N)C(Oc2ccc(F)cc2)C1.